The largest absolute Gasteiger partial charge is 0.436 e. The monoisotopic (exact) mass is 478 g/mol. The minimum absolute atomic E-state index is 0.00824. The number of aromatic nitrogens is 2. The summed E-state index contributed by atoms with van der Waals surface area (Å²) in [6.45, 7) is 3.92. The fourth-order valence-corrected chi connectivity index (χ4v) is 4.92. The second kappa shape index (κ2) is 10.6. The van der Waals surface area contributed by atoms with E-state index in [1.807, 2.05) is 68.4 Å². The van der Waals surface area contributed by atoms with Gasteiger partial charge in [-0.15, -0.1) is 5.10 Å². The minimum Gasteiger partial charge on any atom is -0.390 e. The molecule has 8 heteroatoms. The number of aryl methyl sites for hydroxylation is 1. The Morgan fingerprint density at radius 3 is 2.46 bits per heavy atom. The minimum atomic E-state index is -0.546. The lowest BCUT2D eigenvalue weighted by Gasteiger charge is -2.28. The number of nitrogens with zero attached hydrogens (tertiary/aromatic N) is 3. The molecule has 1 amide bonds. The van der Waals surface area contributed by atoms with Crippen molar-refractivity contribution in [1.82, 2.24) is 20.0 Å². The number of rotatable bonds is 8. The molecular weight excluding hydrogens is 444 g/mol. The molecule has 0 radical (unpaired) electrons. The van der Waals surface area contributed by atoms with Crippen molar-refractivity contribution in [3.8, 4) is 0 Å². The molecule has 1 saturated heterocycles. The molecule has 186 valence electrons. The predicted molar refractivity (Wildman–Crippen MR) is 133 cm³/mol. The molecule has 2 aromatic carbocycles. The molecule has 1 fully saturated rings. The fourth-order valence-electron chi connectivity index (χ4n) is 4.92. The van der Waals surface area contributed by atoms with Gasteiger partial charge in [-0.1, -0.05) is 56.3 Å². The number of benzene rings is 2. The van der Waals surface area contributed by atoms with Crippen LogP contribution >= 0.6 is 0 Å². The van der Waals surface area contributed by atoms with Crippen LogP contribution in [0.4, 0.5) is 0 Å². The van der Waals surface area contributed by atoms with Crippen LogP contribution in [0, 0.1) is 5.92 Å². The van der Waals surface area contributed by atoms with Crippen molar-refractivity contribution < 1.29 is 14.3 Å². The first-order valence-corrected chi connectivity index (χ1v) is 12.1. The first-order chi connectivity index (χ1) is 16.7. The van der Waals surface area contributed by atoms with Gasteiger partial charge in [-0.25, -0.2) is 4.79 Å². The lowest BCUT2D eigenvalue weighted by atomic mass is 10.00. The van der Waals surface area contributed by atoms with Gasteiger partial charge in [0.25, 0.3) is 5.91 Å². The fraction of sp³-hybridized carbons (Fsp3) is 0.444. The smallest absolute Gasteiger partial charge is 0.390 e. The number of carbonyl (C=O) groups excluding carboxylic acids is 1. The molecule has 1 aliphatic rings. The van der Waals surface area contributed by atoms with E-state index < -0.39 is 17.9 Å². The average Bonchev–Trinajstić information content (AvgIpc) is 3.45. The topological polar surface area (TPSA) is 101 Å². The Hall–Kier alpha value is -3.23. The maximum Gasteiger partial charge on any atom is 0.436 e. The molecule has 1 aromatic heterocycles. The predicted octanol–water partition coefficient (Wildman–Crippen LogP) is 3.24. The van der Waals surface area contributed by atoms with Gasteiger partial charge in [0.05, 0.1) is 6.10 Å². The molecule has 0 bridgehead atoms. The van der Waals surface area contributed by atoms with Gasteiger partial charge in [0.15, 0.2) is 0 Å². The number of aliphatic hydroxyl groups excluding tert-OH is 1. The molecular formula is C27H34N4O4. The number of nitrogens with one attached hydrogen (secondary N) is 1. The molecule has 4 atom stereocenters. The van der Waals surface area contributed by atoms with Crippen molar-refractivity contribution >= 4 is 5.91 Å². The van der Waals surface area contributed by atoms with Gasteiger partial charge >= 0.3 is 5.76 Å². The van der Waals surface area contributed by atoms with Gasteiger partial charge in [-0.05, 0) is 48.4 Å². The summed E-state index contributed by atoms with van der Waals surface area (Å²) in [7, 11) is 3.23. The third-order valence-corrected chi connectivity index (χ3v) is 6.81. The number of carbonyl (C=O) groups is 1. The van der Waals surface area contributed by atoms with E-state index in [-0.39, 0.29) is 29.8 Å². The Labute approximate surface area is 205 Å². The number of amides is 1. The van der Waals surface area contributed by atoms with Gasteiger partial charge in [-0.2, -0.15) is 4.68 Å². The van der Waals surface area contributed by atoms with Crippen molar-refractivity contribution in [1.29, 1.82) is 0 Å². The summed E-state index contributed by atoms with van der Waals surface area (Å²) >= 11 is 0. The third-order valence-electron chi connectivity index (χ3n) is 6.81. The highest BCUT2D eigenvalue weighted by Crippen LogP contribution is 2.28. The van der Waals surface area contributed by atoms with Crippen LogP contribution in [-0.2, 0) is 13.5 Å². The van der Waals surface area contributed by atoms with Crippen LogP contribution in [0.25, 0.3) is 0 Å². The zero-order valence-corrected chi connectivity index (χ0v) is 20.7. The van der Waals surface area contributed by atoms with Gasteiger partial charge in [0, 0.05) is 31.7 Å². The number of hydrogen-bond acceptors (Lipinski definition) is 6. The zero-order chi connectivity index (χ0) is 25.1. The normalized spacial score (nSPS) is 19.6. The number of hydrogen-bond donors (Lipinski definition) is 2. The molecule has 4 rings (SSSR count). The Morgan fingerprint density at radius 1 is 1.17 bits per heavy atom. The molecule has 35 heavy (non-hydrogen) atoms. The quantitative estimate of drug-likeness (QED) is 0.516. The van der Waals surface area contributed by atoms with Crippen LogP contribution in [0.3, 0.4) is 0 Å². The van der Waals surface area contributed by atoms with Crippen LogP contribution in [0.2, 0.25) is 0 Å². The molecule has 2 N–H and O–H groups in total. The maximum atomic E-state index is 13.2. The third kappa shape index (κ3) is 5.55. The summed E-state index contributed by atoms with van der Waals surface area (Å²) in [5.74, 6) is -0.461. The van der Waals surface area contributed by atoms with Gasteiger partial charge in [0.2, 0.25) is 5.89 Å². The van der Waals surface area contributed by atoms with Gasteiger partial charge in [0.1, 0.15) is 6.04 Å². The summed E-state index contributed by atoms with van der Waals surface area (Å²) < 4.78 is 6.41. The average molecular weight is 479 g/mol. The molecule has 1 unspecified atom stereocenters. The lowest BCUT2D eigenvalue weighted by molar-refractivity contribution is 0.0650. The molecule has 2 heterocycles. The van der Waals surface area contributed by atoms with E-state index in [1.54, 1.807) is 11.9 Å². The van der Waals surface area contributed by atoms with Crippen LogP contribution < -0.4 is 11.1 Å². The van der Waals surface area contributed by atoms with E-state index in [0.29, 0.717) is 5.56 Å². The molecule has 0 aliphatic carbocycles. The van der Waals surface area contributed by atoms with Crippen LogP contribution in [0.15, 0.2) is 63.8 Å². The SMILES string of the molecule is CC(C)[C@H](c1nn(C)c(=O)o1)N(C)C(=O)c1ccc(C[C@@H]2CC[C@H](C(O)c3ccccc3)N2)cc1. The van der Waals surface area contributed by atoms with E-state index in [9.17, 15) is 14.7 Å². The molecule has 3 aromatic rings. The zero-order valence-electron chi connectivity index (χ0n) is 20.7. The molecule has 8 nitrogen and oxygen atoms in total. The second-order valence-corrected chi connectivity index (χ2v) is 9.74. The van der Waals surface area contributed by atoms with E-state index in [1.165, 1.54) is 7.05 Å². The first kappa shape index (κ1) is 24.9. The van der Waals surface area contributed by atoms with Crippen molar-refractivity contribution in [2.45, 2.75) is 57.3 Å². The maximum absolute atomic E-state index is 13.2. The standard InChI is InChI=1S/C27H34N4O4/c1-17(2)23(25-29-31(4)27(34)35-25)30(3)26(33)20-12-10-18(11-13-20)16-21-14-15-22(28-21)24(32)19-8-6-5-7-9-19/h5-13,17,21-24,28,32H,14-16H2,1-4H3/t21-,22+,23+,24?/m0/s1. The Bertz CT molecular complexity index is 1190. The summed E-state index contributed by atoms with van der Waals surface area (Å²) in [6, 6.07) is 17.3. The number of aliphatic hydroxyl groups is 1. The highest BCUT2D eigenvalue weighted by molar-refractivity contribution is 5.94. The van der Waals surface area contributed by atoms with E-state index in [2.05, 4.69) is 10.4 Å². The highest BCUT2D eigenvalue weighted by Gasteiger charge is 2.31. The van der Waals surface area contributed by atoms with Crippen molar-refractivity contribution in [2.75, 3.05) is 7.05 Å². The van der Waals surface area contributed by atoms with E-state index in [4.69, 9.17) is 4.42 Å². The van der Waals surface area contributed by atoms with E-state index in [0.717, 1.165) is 35.1 Å². The van der Waals surface area contributed by atoms with Crippen molar-refractivity contribution in [3.05, 3.63) is 87.7 Å². The van der Waals surface area contributed by atoms with Crippen LogP contribution in [0.1, 0.15) is 66.2 Å². The van der Waals surface area contributed by atoms with Crippen molar-refractivity contribution in [3.63, 3.8) is 0 Å². The second-order valence-electron chi connectivity index (χ2n) is 9.74. The summed E-state index contributed by atoms with van der Waals surface area (Å²) in [5, 5.41) is 18.4. The Kier molecular flexibility index (Phi) is 7.52. The van der Waals surface area contributed by atoms with Gasteiger partial charge in [-0.3, -0.25) is 4.79 Å². The first-order valence-electron chi connectivity index (χ1n) is 12.1. The van der Waals surface area contributed by atoms with Crippen LogP contribution in [-0.4, -0.2) is 44.8 Å². The summed E-state index contributed by atoms with van der Waals surface area (Å²) in [4.78, 5) is 26.5. The Morgan fingerprint density at radius 2 is 1.86 bits per heavy atom. The lowest BCUT2D eigenvalue weighted by Crippen LogP contribution is -2.35. The molecule has 1 aliphatic heterocycles. The summed E-state index contributed by atoms with van der Waals surface area (Å²) in [5.41, 5.74) is 2.63. The van der Waals surface area contributed by atoms with Gasteiger partial charge < -0.3 is 19.7 Å². The van der Waals surface area contributed by atoms with Crippen LogP contribution in [0.5, 0.6) is 0 Å². The van der Waals surface area contributed by atoms with Crippen molar-refractivity contribution in [2.24, 2.45) is 13.0 Å². The summed E-state index contributed by atoms with van der Waals surface area (Å²) in [6.07, 6.45) is 2.22. The molecule has 0 saturated carbocycles. The Balaban J connectivity index is 1.38. The highest BCUT2D eigenvalue weighted by atomic mass is 16.4. The van der Waals surface area contributed by atoms with E-state index >= 15 is 0 Å². The molecule has 0 spiro atoms.